The number of anilines is 1. The Kier molecular flexibility index (Phi) is 3.07. The summed E-state index contributed by atoms with van der Waals surface area (Å²) in [4.78, 5) is 6.38. The number of nitrogens with two attached hydrogens (primary N) is 1. The normalized spacial score (nSPS) is 16.6. The Bertz CT molecular complexity index is 406. The topological polar surface area (TPSA) is 65.9 Å². The van der Waals surface area contributed by atoms with Crippen LogP contribution in [0.25, 0.3) is 0 Å². The van der Waals surface area contributed by atoms with Crippen LogP contribution in [0.3, 0.4) is 0 Å². The summed E-state index contributed by atoms with van der Waals surface area (Å²) in [5.74, 6) is 1.53. The van der Waals surface area contributed by atoms with E-state index in [1.54, 1.807) is 6.07 Å². The van der Waals surface area contributed by atoms with E-state index in [1.807, 2.05) is 19.2 Å². The predicted octanol–water partition coefficient (Wildman–Crippen LogP) is 1.13. The summed E-state index contributed by atoms with van der Waals surface area (Å²) >= 11 is 0. The largest absolute Gasteiger partial charge is 0.355 e. The monoisotopic (exact) mass is 216 g/mol. The number of likely N-dealkylation sites (N-methyl/N-ethyl adjacent to an activating group) is 1. The number of aromatic nitrogens is 1. The van der Waals surface area contributed by atoms with Gasteiger partial charge < -0.3 is 10.6 Å². The molecular weight excluding hydrogens is 200 g/mol. The summed E-state index contributed by atoms with van der Waals surface area (Å²) in [5, 5.41) is 8.81. The second kappa shape index (κ2) is 4.50. The van der Waals surface area contributed by atoms with E-state index in [2.05, 4.69) is 16.0 Å². The lowest BCUT2D eigenvalue weighted by atomic mass is 10.1. The Balaban J connectivity index is 2.18. The van der Waals surface area contributed by atoms with E-state index in [9.17, 15) is 0 Å². The van der Waals surface area contributed by atoms with Crippen molar-refractivity contribution in [3.05, 3.63) is 23.9 Å². The highest BCUT2D eigenvalue weighted by Crippen LogP contribution is 2.35. The highest BCUT2D eigenvalue weighted by Gasteiger charge is 2.33. The van der Waals surface area contributed by atoms with Crippen molar-refractivity contribution < 1.29 is 0 Å². The van der Waals surface area contributed by atoms with E-state index in [4.69, 9.17) is 11.0 Å². The SMILES string of the molecule is CN(c1cccc(C#N)n1)C(CN)C1CC1. The first-order chi connectivity index (χ1) is 7.76. The molecule has 2 rings (SSSR count). The first-order valence-corrected chi connectivity index (χ1v) is 5.56. The second-order valence-corrected chi connectivity index (χ2v) is 4.24. The molecule has 0 aliphatic heterocycles. The van der Waals surface area contributed by atoms with Crippen LogP contribution in [0.4, 0.5) is 5.82 Å². The van der Waals surface area contributed by atoms with Gasteiger partial charge in [-0.2, -0.15) is 5.26 Å². The molecule has 0 aromatic carbocycles. The molecule has 2 N–H and O–H groups in total. The second-order valence-electron chi connectivity index (χ2n) is 4.24. The van der Waals surface area contributed by atoms with E-state index in [-0.39, 0.29) is 0 Å². The number of pyridine rings is 1. The van der Waals surface area contributed by atoms with Gasteiger partial charge in [0.05, 0.1) is 0 Å². The van der Waals surface area contributed by atoms with Crippen molar-refractivity contribution >= 4 is 5.82 Å². The molecule has 1 aromatic rings. The Morgan fingerprint density at radius 2 is 2.38 bits per heavy atom. The zero-order chi connectivity index (χ0) is 11.5. The molecule has 0 saturated heterocycles. The quantitative estimate of drug-likeness (QED) is 0.819. The lowest BCUT2D eigenvalue weighted by Gasteiger charge is -2.28. The van der Waals surface area contributed by atoms with Crippen LogP contribution in [0.2, 0.25) is 0 Å². The van der Waals surface area contributed by atoms with Crippen molar-refractivity contribution in [3.8, 4) is 6.07 Å². The molecule has 1 aromatic heterocycles. The van der Waals surface area contributed by atoms with Crippen molar-refractivity contribution in [1.82, 2.24) is 4.98 Å². The third kappa shape index (κ3) is 2.15. The third-order valence-electron chi connectivity index (χ3n) is 3.12. The van der Waals surface area contributed by atoms with E-state index in [1.165, 1.54) is 12.8 Å². The van der Waals surface area contributed by atoms with Crippen LogP contribution in [-0.2, 0) is 0 Å². The third-order valence-corrected chi connectivity index (χ3v) is 3.12. The summed E-state index contributed by atoms with van der Waals surface area (Å²) < 4.78 is 0. The van der Waals surface area contributed by atoms with Gasteiger partial charge >= 0.3 is 0 Å². The molecule has 84 valence electrons. The van der Waals surface area contributed by atoms with E-state index >= 15 is 0 Å². The summed E-state index contributed by atoms with van der Waals surface area (Å²) in [6, 6.07) is 7.90. The summed E-state index contributed by atoms with van der Waals surface area (Å²) in [5.41, 5.74) is 6.24. The van der Waals surface area contributed by atoms with Crippen LogP contribution in [0.15, 0.2) is 18.2 Å². The molecule has 4 heteroatoms. The van der Waals surface area contributed by atoms with Crippen LogP contribution in [0.5, 0.6) is 0 Å². The van der Waals surface area contributed by atoms with Crippen molar-refractivity contribution in [2.45, 2.75) is 18.9 Å². The van der Waals surface area contributed by atoms with Crippen molar-refractivity contribution in [1.29, 1.82) is 5.26 Å². The average Bonchev–Trinajstić information content (AvgIpc) is 3.14. The first-order valence-electron chi connectivity index (χ1n) is 5.56. The van der Waals surface area contributed by atoms with Crippen LogP contribution >= 0.6 is 0 Å². The Hall–Kier alpha value is -1.60. The summed E-state index contributed by atoms with van der Waals surface area (Å²) in [6.07, 6.45) is 2.51. The van der Waals surface area contributed by atoms with E-state index < -0.39 is 0 Å². The average molecular weight is 216 g/mol. The molecule has 0 spiro atoms. The van der Waals surface area contributed by atoms with Crippen molar-refractivity contribution in [2.75, 3.05) is 18.5 Å². The van der Waals surface area contributed by atoms with Gasteiger partial charge in [0.15, 0.2) is 0 Å². The molecule has 1 aliphatic rings. The first kappa shape index (κ1) is 10.9. The molecule has 0 bridgehead atoms. The van der Waals surface area contributed by atoms with Gasteiger partial charge in [0.1, 0.15) is 17.6 Å². The van der Waals surface area contributed by atoms with Gasteiger partial charge in [0.2, 0.25) is 0 Å². The molecule has 1 atom stereocenters. The van der Waals surface area contributed by atoms with Gasteiger partial charge in [0.25, 0.3) is 0 Å². The molecule has 1 fully saturated rings. The van der Waals surface area contributed by atoms with Gasteiger partial charge in [-0.05, 0) is 30.9 Å². The minimum Gasteiger partial charge on any atom is -0.355 e. The van der Waals surface area contributed by atoms with Gasteiger partial charge in [-0.3, -0.25) is 0 Å². The van der Waals surface area contributed by atoms with Gasteiger partial charge in [-0.15, -0.1) is 0 Å². The molecule has 0 amide bonds. The maximum atomic E-state index is 8.81. The molecule has 16 heavy (non-hydrogen) atoms. The minimum absolute atomic E-state index is 0.349. The lowest BCUT2D eigenvalue weighted by Crippen LogP contribution is -2.40. The van der Waals surface area contributed by atoms with Crippen LogP contribution in [-0.4, -0.2) is 24.6 Å². The number of nitriles is 1. The van der Waals surface area contributed by atoms with Crippen LogP contribution in [0, 0.1) is 17.2 Å². The molecule has 0 radical (unpaired) electrons. The zero-order valence-electron chi connectivity index (χ0n) is 9.43. The van der Waals surface area contributed by atoms with Gasteiger partial charge in [-0.25, -0.2) is 4.98 Å². The minimum atomic E-state index is 0.349. The zero-order valence-corrected chi connectivity index (χ0v) is 9.43. The fraction of sp³-hybridized carbons (Fsp3) is 0.500. The molecule has 1 aliphatic carbocycles. The Labute approximate surface area is 95.7 Å². The molecule has 4 nitrogen and oxygen atoms in total. The molecule has 1 saturated carbocycles. The Morgan fingerprint density at radius 3 is 2.94 bits per heavy atom. The van der Waals surface area contributed by atoms with Crippen molar-refractivity contribution in [2.24, 2.45) is 11.7 Å². The number of rotatable bonds is 4. The highest BCUT2D eigenvalue weighted by atomic mass is 15.2. The molecular formula is C12H16N4. The van der Waals surface area contributed by atoms with Crippen LogP contribution < -0.4 is 10.6 Å². The fourth-order valence-corrected chi connectivity index (χ4v) is 2.00. The summed E-state index contributed by atoms with van der Waals surface area (Å²) in [6.45, 7) is 0.639. The Morgan fingerprint density at radius 1 is 1.62 bits per heavy atom. The molecule has 1 heterocycles. The maximum absolute atomic E-state index is 8.81. The van der Waals surface area contributed by atoms with E-state index in [0.717, 1.165) is 5.82 Å². The summed E-state index contributed by atoms with van der Waals surface area (Å²) in [7, 11) is 2.00. The maximum Gasteiger partial charge on any atom is 0.142 e. The standard InChI is InChI=1S/C12H16N4/c1-16(11(8-14)9-5-6-9)12-4-2-3-10(7-13)15-12/h2-4,9,11H,5-6,8,14H2,1H3. The number of nitrogens with zero attached hydrogens (tertiary/aromatic N) is 3. The number of hydrogen-bond acceptors (Lipinski definition) is 4. The van der Waals surface area contributed by atoms with Gasteiger partial charge in [-0.1, -0.05) is 6.07 Å². The fourth-order valence-electron chi connectivity index (χ4n) is 2.00. The van der Waals surface area contributed by atoms with Crippen LogP contribution in [0.1, 0.15) is 18.5 Å². The number of hydrogen-bond donors (Lipinski definition) is 1. The highest BCUT2D eigenvalue weighted by molar-refractivity contribution is 5.42. The van der Waals surface area contributed by atoms with Crippen molar-refractivity contribution in [3.63, 3.8) is 0 Å². The molecule has 1 unspecified atom stereocenters. The predicted molar refractivity (Wildman–Crippen MR) is 62.9 cm³/mol. The smallest absolute Gasteiger partial charge is 0.142 e. The van der Waals surface area contributed by atoms with Gasteiger partial charge in [0, 0.05) is 19.6 Å². The van der Waals surface area contributed by atoms with E-state index in [0.29, 0.717) is 24.2 Å². The lowest BCUT2D eigenvalue weighted by molar-refractivity contribution is 0.566.